The van der Waals surface area contributed by atoms with E-state index < -0.39 is 18.1 Å². The van der Waals surface area contributed by atoms with Gasteiger partial charge in [0.2, 0.25) is 0 Å². The molecule has 0 fully saturated rings. The Bertz CT molecular complexity index is 824. The molecule has 1 amide bonds. The van der Waals surface area contributed by atoms with Crippen LogP contribution in [0.15, 0.2) is 42.5 Å². The molecule has 1 aliphatic rings. The van der Waals surface area contributed by atoms with Gasteiger partial charge in [-0.1, -0.05) is 51.1 Å². The topological polar surface area (TPSA) is 92.7 Å². The van der Waals surface area contributed by atoms with Crippen molar-refractivity contribution < 1.29 is 24.2 Å². The number of carbonyl (C=O) groups is 3. The normalized spacial score (nSPS) is 21.5. The number of esters is 1. The summed E-state index contributed by atoms with van der Waals surface area (Å²) in [6.45, 7) is 7.90. The lowest BCUT2D eigenvalue weighted by Crippen LogP contribution is -2.41. The number of Topliss-reactive ketones (excluding diaryl/α,β-unsaturated/α-hetero) is 1. The zero-order valence-corrected chi connectivity index (χ0v) is 17.3. The molecule has 0 radical (unpaired) electrons. The molecule has 2 rings (SSSR count). The molecule has 0 saturated heterocycles. The summed E-state index contributed by atoms with van der Waals surface area (Å²) in [7, 11) is 0. The van der Waals surface area contributed by atoms with Crippen molar-refractivity contribution in [1.29, 1.82) is 0 Å². The van der Waals surface area contributed by atoms with E-state index in [2.05, 4.69) is 31.3 Å². The average Bonchev–Trinajstić information content (AvgIpc) is 2.59. The molecule has 0 aliphatic heterocycles. The van der Waals surface area contributed by atoms with Crippen LogP contribution in [0.3, 0.4) is 0 Å². The van der Waals surface area contributed by atoms with Gasteiger partial charge in [0.25, 0.3) is 0 Å². The van der Waals surface area contributed by atoms with Crippen LogP contribution in [0.2, 0.25) is 0 Å². The molecule has 1 aromatic carbocycles. The number of amides is 1. The third kappa shape index (κ3) is 6.31. The molecule has 0 aromatic heterocycles. The molecule has 6 nitrogen and oxygen atoms in total. The van der Waals surface area contributed by atoms with Gasteiger partial charge >= 0.3 is 12.1 Å². The van der Waals surface area contributed by atoms with E-state index in [1.165, 1.54) is 12.1 Å². The SMILES string of the molecule is CC(CC(=O)C1C(C)C=CCC1(C)C)NC(=O)OC(=O)/C=C/c1ccccc1O. The lowest BCUT2D eigenvalue weighted by atomic mass is 9.65. The van der Waals surface area contributed by atoms with Crippen molar-refractivity contribution in [2.75, 3.05) is 0 Å². The van der Waals surface area contributed by atoms with E-state index in [1.54, 1.807) is 25.1 Å². The number of ether oxygens (including phenoxy) is 1. The standard InChI is InChI=1S/C23H29NO5/c1-15-8-7-13-23(3,4)21(15)19(26)14-16(2)24-22(28)29-20(27)12-11-17-9-5-6-10-18(17)25/h5-12,15-16,21,25H,13-14H2,1-4H3,(H,24,28)/b12-11+. The van der Waals surface area contributed by atoms with Crippen LogP contribution < -0.4 is 5.32 Å². The smallest absolute Gasteiger partial charge is 0.415 e. The highest BCUT2D eigenvalue weighted by Crippen LogP contribution is 2.41. The Morgan fingerprint density at radius 2 is 2.00 bits per heavy atom. The van der Waals surface area contributed by atoms with Crippen LogP contribution in [-0.2, 0) is 14.3 Å². The summed E-state index contributed by atoms with van der Waals surface area (Å²) in [5.41, 5.74) is 0.303. The van der Waals surface area contributed by atoms with Gasteiger partial charge in [0.15, 0.2) is 0 Å². The number of nitrogens with one attached hydrogen (secondary N) is 1. The van der Waals surface area contributed by atoms with Crippen LogP contribution in [0.1, 0.15) is 46.1 Å². The van der Waals surface area contributed by atoms with Crippen molar-refractivity contribution in [2.24, 2.45) is 17.3 Å². The predicted octanol–water partition coefficient (Wildman–Crippen LogP) is 4.24. The molecule has 1 aliphatic carbocycles. The monoisotopic (exact) mass is 399 g/mol. The highest BCUT2D eigenvalue weighted by Gasteiger charge is 2.39. The number of para-hydroxylation sites is 1. The molecule has 0 saturated carbocycles. The number of alkyl carbamates (subject to hydrolysis) is 1. The zero-order chi connectivity index (χ0) is 21.6. The maximum absolute atomic E-state index is 12.8. The summed E-state index contributed by atoms with van der Waals surface area (Å²) in [4.78, 5) is 36.5. The summed E-state index contributed by atoms with van der Waals surface area (Å²) in [6.07, 6.45) is 6.70. The first-order valence-electron chi connectivity index (χ1n) is 9.78. The van der Waals surface area contributed by atoms with Crippen molar-refractivity contribution >= 4 is 23.9 Å². The number of hydrogen-bond acceptors (Lipinski definition) is 5. The summed E-state index contributed by atoms with van der Waals surface area (Å²) in [6, 6.07) is 6.02. The van der Waals surface area contributed by atoms with E-state index in [-0.39, 0.29) is 35.2 Å². The van der Waals surface area contributed by atoms with Crippen molar-refractivity contribution in [3.63, 3.8) is 0 Å². The van der Waals surface area contributed by atoms with Gasteiger partial charge in [-0.25, -0.2) is 9.59 Å². The second kappa shape index (κ2) is 9.54. The third-order valence-corrected chi connectivity index (χ3v) is 5.20. The maximum Gasteiger partial charge on any atom is 0.415 e. The Kier molecular flexibility index (Phi) is 7.37. The second-order valence-electron chi connectivity index (χ2n) is 8.27. The molecule has 3 unspecified atom stereocenters. The quantitative estimate of drug-likeness (QED) is 0.323. The first-order valence-corrected chi connectivity index (χ1v) is 9.78. The summed E-state index contributed by atoms with van der Waals surface area (Å²) in [5, 5.41) is 12.2. The number of rotatable bonds is 6. The van der Waals surface area contributed by atoms with Crippen molar-refractivity contribution in [1.82, 2.24) is 5.32 Å². The molecule has 1 aromatic rings. The third-order valence-electron chi connectivity index (χ3n) is 5.20. The minimum absolute atomic E-state index is 0.0165. The van der Waals surface area contributed by atoms with E-state index in [0.29, 0.717) is 5.56 Å². The molecule has 6 heteroatoms. The predicted molar refractivity (Wildman–Crippen MR) is 111 cm³/mol. The van der Waals surface area contributed by atoms with Gasteiger partial charge in [0.05, 0.1) is 0 Å². The second-order valence-corrected chi connectivity index (χ2v) is 8.27. The lowest BCUT2D eigenvalue weighted by Gasteiger charge is -2.39. The largest absolute Gasteiger partial charge is 0.507 e. The number of allylic oxidation sites excluding steroid dienone is 2. The van der Waals surface area contributed by atoms with Crippen molar-refractivity contribution in [2.45, 2.75) is 46.6 Å². The molecular formula is C23H29NO5. The Labute approximate surface area is 171 Å². The number of carbonyl (C=O) groups excluding carboxylic acids is 3. The molecule has 0 bridgehead atoms. The number of aromatic hydroxyl groups is 1. The van der Waals surface area contributed by atoms with Gasteiger partial charge in [-0.2, -0.15) is 0 Å². The van der Waals surface area contributed by atoms with Gasteiger partial charge in [0.1, 0.15) is 11.5 Å². The Hall–Kier alpha value is -2.89. The van der Waals surface area contributed by atoms with E-state index in [0.717, 1.165) is 12.5 Å². The maximum atomic E-state index is 12.8. The van der Waals surface area contributed by atoms with Gasteiger partial charge in [0, 0.05) is 30.0 Å². The molecule has 156 valence electrons. The number of ketones is 1. The van der Waals surface area contributed by atoms with E-state index in [1.807, 2.05) is 6.92 Å². The Morgan fingerprint density at radius 1 is 1.31 bits per heavy atom. The van der Waals surface area contributed by atoms with Gasteiger partial charge < -0.3 is 15.2 Å². The zero-order valence-electron chi connectivity index (χ0n) is 17.3. The fourth-order valence-electron chi connectivity index (χ4n) is 3.89. The minimum atomic E-state index is -0.909. The van der Waals surface area contributed by atoms with Crippen LogP contribution in [0.5, 0.6) is 5.75 Å². The van der Waals surface area contributed by atoms with Crippen LogP contribution in [0.4, 0.5) is 4.79 Å². The Morgan fingerprint density at radius 3 is 2.66 bits per heavy atom. The first kappa shape index (κ1) is 22.4. The molecule has 0 spiro atoms. The summed E-state index contributed by atoms with van der Waals surface area (Å²) >= 11 is 0. The van der Waals surface area contributed by atoms with Gasteiger partial charge in [-0.05, 0) is 36.8 Å². The van der Waals surface area contributed by atoms with Crippen molar-refractivity contribution in [3.8, 4) is 5.75 Å². The molecular weight excluding hydrogens is 370 g/mol. The van der Waals surface area contributed by atoms with E-state index >= 15 is 0 Å². The van der Waals surface area contributed by atoms with Crippen LogP contribution >= 0.6 is 0 Å². The molecule has 2 N–H and O–H groups in total. The van der Waals surface area contributed by atoms with Crippen LogP contribution in [0, 0.1) is 17.3 Å². The summed E-state index contributed by atoms with van der Waals surface area (Å²) < 4.78 is 4.69. The highest BCUT2D eigenvalue weighted by molar-refractivity contribution is 5.94. The lowest BCUT2D eigenvalue weighted by molar-refractivity contribution is -0.131. The molecule has 0 heterocycles. The fourth-order valence-corrected chi connectivity index (χ4v) is 3.89. The van der Waals surface area contributed by atoms with E-state index in [9.17, 15) is 19.5 Å². The Balaban J connectivity index is 1.85. The molecule has 3 atom stereocenters. The highest BCUT2D eigenvalue weighted by atomic mass is 16.6. The average molecular weight is 399 g/mol. The van der Waals surface area contributed by atoms with Crippen molar-refractivity contribution in [3.05, 3.63) is 48.1 Å². The minimum Gasteiger partial charge on any atom is -0.507 e. The van der Waals surface area contributed by atoms with E-state index in [4.69, 9.17) is 4.74 Å². The number of hydrogen-bond donors (Lipinski definition) is 2. The van der Waals surface area contributed by atoms with Gasteiger partial charge in [-0.3, -0.25) is 4.79 Å². The number of phenolic OH excluding ortho intramolecular Hbond substituents is 1. The van der Waals surface area contributed by atoms with Crippen LogP contribution in [-0.4, -0.2) is 29.0 Å². The first-order chi connectivity index (χ1) is 13.6. The summed E-state index contributed by atoms with van der Waals surface area (Å²) in [5.74, 6) is -0.730. The fraction of sp³-hybridized carbons (Fsp3) is 0.435. The number of phenols is 1. The molecule has 29 heavy (non-hydrogen) atoms. The van der Waals surface area contributed by atoms with Crippen LogP contribution in [0.25, 0.3) is 6.08 Å². The van der Waals surface area contributed by atoms with Gasteiger partial charge in [-0.15, -0.1) is 0 Å². The number of benzene rings is 1.